The van der Waals surface area contributed by atoms with Gasteiger partial charge in [0.2, 0.25) is 5.91 Å². The standard InChI is InChI=1S/C8H14N2O2/c1-10-4-6-5-12-7(3-9-6)2-8(10)11/h6-7,9H,2-5H2,1H3. The molecule has 68 valence electrons. The Balaban J connectivity index is 2.07. The van der Waals surface area contributed by atoms with Crippen LogP contribution in [-0.4, -0.2) is 49.7 Å². The van der Waals surface area contributed by atoms with Gasteiger partial charge >= 0.3 is 0 Å². The number of carbonyl (C=O) groups is 1. The molecule has 0 spiro atoms. The molecule has 3 aliphatic rings. The molecule has 2 unspecified atom stereocenters. The summed E-state index contributed by atoms with van der Waals surface area (Å²) in [6.07, 6.45) is 0.618. The van der Waals surface area contributed by atoms with Gasteiger partial charge in [-0.3, -0.25) is 4.79 Å². The Hall–Kier alpha value is -0.610. The van der Waals surface area contributed by atoms with Crippen molar-refractivity contribution in [2.45, 2.75) is 18.6 Å². The first-order valence-electron chi connectivity index (χ1n) is 4.34. The number of hydrogen-bond acceptors (Lipinski definition) is 3. The van der Waals surface area contributed by atoms with Crippen molar-refractivity contribution in [2.24, 2.45) is 0 Å². The van der Waals surface area contributed by atoms with Gasteiger partial charge in [0.05, 0.1) is 19.1 Å². The van der Waals surface area contributed by atoms with E-state index in [0.717, 1.165) is 19.7 Å². The van der Waals surface area contributed by atoms with Crippen LogP contribution in [0.5, 0.6) is 0 Å². The van der Waals surface area contributed by atoms with Gasteiger partial charge in [-0.15, -0.1) is 0 Å². The van der Waals surface area contributed by atoms with Gasteiger partial charge in [-0.2, -0.15) is 0 Å². The molecule has 0 aromatic carbocycles. The van der Waals surface area contributed by atoms with Crippen molar-refractivity contribution in [2.75, 3.05) is 26.7 Å². The number of morpholine rings is 1. The Morgan fingerprint density at radius 3 is 3.17 bits per heavy atom. The average Bonchev–Trinajstić information content (AvgIpc) is 2.05. The van der Waals surface area contributed by atoms with Crippen LogP contribution in [0.25, 0.3) is 0 Å². The van der Waals surface area contributed by atoms with E-state index in [-0.39, 0.29) is 12.0 Å². The summed E-state index contributed by atoms with van der Waals surface area (Å²) < 4.78 is 5.49. The molecule has 0 aromatic rings. The lowest BCUT2D eigenvalue weighted by Crippen LogP contribution is -2.55. The highest BCUT2D eigenvalue weighted by molar-refractivity contribution is 5.76. The zero-order chi connectivity index (χ0) is 8.55. The number of ether oxygens (including phenoxy) is 1. The van der Waals surface area contributed by atoms with Crippen molar-refractivity contribution in [3.8, 4) is 0 Å². The molecule has 3 aliphatic heterocycles. The maximum atomic E-state index is 11.4. The Morgan fingerprint density at radius 1 is 1.67 bits per heavy atom. The van der Waals surface area contributed by atoms with Crippen molar-refractivity contribution in [3.63, 3.8) is 0 Å². The maximum absolute atomic E-state index is 11.4. The van der Waals surface area contributed by atoms with E-state index in [1.165, 1.54) is 0 Å². The largest absolute Gasteiger partial charge is 0.375 e. The SMILES string of the molecule is CN1CC2COC(CN2)CC1=O. The van der Waals surface area contributed by atoms with Crippen LogP contribution >= 0.6 is 0 Å². The van der Waals surface area contributed by atoms with E-state index in [4.69, 9.17) is 4.74 Å². The van der Waals surface area contributed by atoms with Gasteiger partial charge in [-0.05, 0) is 0 Å². The highest BCUT2D eigenvalue weighted by atomic mass is 16.5. The van der Waals surface area contributed by atoms with Crippen molar-refractivity contribution >= 4 is 5.91 Å². The summed E-state index contributed by atoms with van der Waals surface area (Å²) in [4.78, 5) is 13.2. The molecule has 3 fully saturated rings. The lowest BCUT2D eigenvalue weighted by molar-refractivity contribution is -0.138. The fraction of sp³-hybridized carbons (Fsp3) is 0.875. The van der Waals surface area contributed by atoms with E-state index in [1.807, 2.05) is 7.05 Å². The van der Waals surface area contributed by atoms with Gasteiger partial charge < -0.3 is 15.0 Å². The monoisotopic (exact) mass is 170 g/mol. The minimum absolute atomic E-state index is 0.0940. The van der Waals surface area contributed by atoms with Crippen molar-refractivity contribution < 1.29 is 9.53 Å². The van der Waals surface area contributed by atoms with Crippen LogP contribution in [0.15, 0.2) is 0 Å². The molecule has 3 heterocycles. The molecule has 2 bridgehead atoms. The van der Waals surface area contributed by atoms with Gasteiger partial charge in [0, 0.05) is 26.2 Å². The number of amides is 1. The third-order valence-electron chi connectivity index (χ3n) is 2.49. The molecule has 4 nitrogen and oxygen atoms in total. The topological polar surface area (TPSA) is 41.6 Å². The first-order valence-corrected chi connectivity index (χ1v) is 4.34. The first kappa shape index (κ1) is 8.01. The number of nitrogens with one attached hydrogen (secondary N) is 1. The van der Waals surface area contributed by atoms with E-state index in [1.54, 1.807) is 4.90 Å². The summed E-state index contributed by atoms with van der Waals surface area (Å²) in [5.41, 5.74) is 0. The summed E-state index contributed by atoms with van der Waals surface area (Å²) >= 11 is 0. The molecule has 2 atom stereocenters. The predicted octanol–water partition coefficient (Wildman–Crippen LogP) is -0.794. The lowest BCUT2D eigenvalue weighted by atomic mass is 10.1. The smallest absolute Gasteiger partial charge is 0.225 e. The number of likely N-dealkylation sites (N-methyl/N-ethyl adjacent to an activating group) is 1. The van der Waals surface area contributed by atoms with Gasteiger partial charge in [0.25, 0.3) is 0 Å². The van der Waals surface area contributed by atoms with Gasteiger partial charge in [-0.25, -0.2) is 0 Å². The second kappa shape index (κ2) is 3.03. The third kappa shape index (κ3) is 1.44. The summed E-state index contributed by atoms with van der Waals surface area (Å²) in [6, 6.07) is 0.329. The van der Waals surface area contributed by atoms with E-state index in [2.05, 4.69) is 5.32 Å². The molecule has 0 saturated carbocycles. The molecule has 12 heavy (non-hydrogen) atoms. The fourth-order valence-corrected chi connectivity index (χ4v) is 1.70. The predicted molar refractivity (Wildman–Crippen MR) is 43.8 cm³/mol. The second-order valence-electron chi connectivity index (χ2n) is 3.54. The van der Waals surface area contributed by atoms with E-state index < -0.39 is 0 Å². The van der Waals surface area contributed by atoms with Crippen LogP contribution < -0.4 is 5.32 Å². The normalized spacial score (nSPS) is 36.4. The molecule has 3 rings (SSSR count). The molecule has 1 amide bonds. The summed E-state index contributed by atoms with van der Waals surface area (Å²) in [5.74, 6) is 0.200. The van der Waals surface area contributed by atoms with Crippen molar-refractivity contribution in [1.82, 2.24) is 10.2 Å². The van der Waals surface area contributed by atoms with Gasteiger partial charge in [-0.1, -0.05) is 0 Å². The molecule has 1 N–H and O–H groups in total. The van der Waals surface area contributed by atoms with E-state index in [0.29, 0.717) is 12.5 Å². The number of carbonyl (C=O) groups excluding carboxylic acids is 1. The van der Waals surface area contributed by atoms with Crippen LogP contribution in [-0.2, 0) is 9.53 Å². The Kier molecular flexibility index (Phi) is 2.02. The van der Waals surface area contributed by atoms with Crippen molar-refractivity contribution in [3.05, 3.63) is 0 Å². The molecule has 0 radical (unpaired) electrons. The van der Waals surface area contributed by atoms with Crippen LogP contribution in [0.1, 0.15) is 6.42 Å². The van der Waals surface area contributed by atoms with E-state index >= 15 is 0 Å². The summed E-state index contributed by atoms with van der Waals surface area (Å²) in [7, 11) is 1.85. The number of rotatable bonds is 0. The van der Waals surface area contributed by atoms with Crippen LogP contribution in [0.3, 0.4) is 0 Å². The Labute approximate surface area is 71.9 Å². The molecule has 3 saturated heterocycles. The Morgan fingerprint density at radius 2 is 2.50 bits per heavy atom. The summed E-state index contributed by atoms with van der Waals surface area (Å²) in [5, 5.41) is 3.35. The third-order valence-corrected chi connectivity index (χ3v) is 2.49. The Bertz CT molecular complexity index is 187. The molecule has 0 aliphatic carbocycles. The molecular weight excluding hydrogens is 156 g/mol. The second-order valence-corrected chi connectivity index (χ2v) is 3.54. The number of nitrogens with zero attached hydrogens (tertiary/aromatic N) is 1. The summed E-state index contributed by atoms with van der Waals surface area (Å²) in [6.45, 7) is 2.33. The fourth-order valence-electron chi connectivity index (χ4n) is 1.70. The van der Waals surface area contributed by atoms with Gasteiger partial charge in [0.1, 0.15) is 0 Å². The zero-order valence-electron chi connectivity index (χ0n) is 7.25. The molecule has 4 heteroatoms. The highest BCUT2D eigenvalue weighted by Gasteiger charge is 2.29. The minimum Gasteiger partial charge on any atom is -0.375 e. The van der Waals surface area contributed by atoms with E-state index in [9.17, 15) is 4.79 Å². The zero-order valence-corrected chi connectivity index (χ0v) is 7.25. The first-order chi connectivity index (χ1) is 5.75. The highest BCUT2D eigenvalue weighted by Crippen LogP contribution is 2.11. The van der Waals surface area contributed by atoms with Crippen LogP contribution in [0.2, 0.25) is 0 Å². The van der Waals surface area contributed by atoms with Crippen molar-refractivity contribution in [1.29, 1.82) is 0 Å². The number of fused-ring (bicyclic) bond motifs is 5. The van der Waals surface area contributed by atoms with Crippen LogP contribution in [0, 0.1) is 0 Å². The minimum atomic E-state index is 0.0940. The van der Waals surface area contributed by atoms with Crippen LogP contribution in [0.4, 0.5) is 0 Å². The number of hydrogen-bond donors (Lipinski definition) is 1. The lowest BCUT2D eigenvalue weighted by Gasteiger charge is -2.36. The average molecular weight is 170 g/mol. The molecular formula is C8H14N2O2. The molecule has 0 aromatic heterocycles. The quantitative estimate of drug-likeness (QED) is 0.518. The maximum Gasteiger partial charge on any atom is 0.225 e. The van der Waals surface area contributed by atoms with Gasteiger partial charge in [0.15, 0.2) is 0 Å².